The van der Waals surface area contributed by atoms with E-state index in [2.05, 4.69) is 17.2 Å². The van der Waals surface area contributed by atoms with Gasteiger partial charge in [-0.05, 0) is 39.0 Å². The number of carbonyl (C=O) groups excluding carboxylic acids is 5. The van der Waals surface area contributed by atoms with Gasteiger partial charge in [0.2, 0.25) is 0 Å². The number of rotatable bonds is 7. The highest BCUT2D eigenvalue weighted by Crippen LogP contribution is 2.32. The summed E-state index contributed by atoms with van der Waals surface area (Å²) in [6.07, 6.45) is -1.09. The largest absolute Gasteiger partial charge is 0.495 e. The lowest BCUT2D eigenvalue weighted by atomic mass is 9.85. The van der Waals surface area contributed by atoms with Crippen LogP contribution in [0.4, 0.5) is 16.2 Å². The number of nitrogens with one attached hydrogen (secondary N) is 2. The first kappa shape index (κ1) is 25.6. The number of ketones is 1. The number of cyclic esters (lactones) is 1. The maximum Gasteiger partial charge on any atom is 0.418 e. The zero-order valence-corrected chi connectivity index (χ0v) is 19.8. The van der Waals surface area contributed by atoms with Gasteiger partial charge in [-0.3, -0.25) is 19.2 Å². The molecule has 1 heterocycles. The summed E-state index contributed by atoms with van der Waals surface area (Å²) in [6, 6.07) is 2.70. The van der Waals surface area contributed by atoms with Gasteiger partial charge in [-0.1, -0.05) is 27.4 Å². The van der Waals surface area contributed by atoms with Crippen LogP contribution >= 0.6 is 0 Å². The number of hydrogen-bond donors (Lipinski definition) is 2. The van der Waals surface area contributed by atoms with E-state index < -0.39 is 46.7 Å². The average Bonchev–Trinajstić information content (AvgIpc) is 2.89. The third kappa shape index (κ3) is 5.39. The monoisotopic (exact) mass is 459 g/mol. The summed E-state index contributed by atoms with van der Waals surface area (Å²) in [5.74, 6) is -2.59. The molecule has 2 rings (SSSR count). The Labute approximate surface area is 192 Å². The normalized spacial score (nSPS) is 16.0. The third-order valence-corrected chi connectivity index (χ3v) is 4.87. The van der Waals surface area contributed by atoms with Crippen LogP contribution in [0.5, 0.6) is 5.75 Å². The van der Waals surface area contributed by atoms with E-state index in [9.17, 15) is 24.0 Å². The highest BCUT2D eigenvalue weighted by atomic mass is 16.6. The molecule has 0 aliphatic carbocycles. The van der Waals surface area contributed by atoms with Gasteiger partial charge in [-0.2, -0.15) is 0 Å². The second-order valence-electron chi connectivity index (χ2n) is 9.21. The van der Waals surface area contributed by atoms with Gasteiger partial charge in [0, 0.05) is 16.7 Å². The van der Waals surface area contributed by atoms with E-state index in [4.69, 9.17) is 9.47 Å². The van der Waals surface area contributed by atoms with Crippen LogP contribution in [0.3, 0.4) is 0 Å². The van der Waals surface area contributed by atoms with Gasteiger partial charge in [0.25, 0.3) is 17.7 Å². The maximum absolute atomic E-state index is 13.3. The predicted molar refractivity (Wildman–Crippen MR) is 121 cm³/mol. The molecular formula is C23H29N3O7. The molecule has 2 N–H and O–H groups in total. The number of methoxy groups -OCH3 is 1. The second-order valence-corrected chi connectivity index (χ2v) is 9.21. The van der Waals surface area contributed by atoms with Crippen molar-refractivity contribution < 1.29 is 33.4 Å². The highest BCUT2D eigenvalue weighted by Gasteiger charge is 2.55. The smallest absolute Gasteiger partial charge is 0.418 e. The summed E-state index contributed by atoms with van der Waals surface area (Å²) in [7, 11) is 1.37. The Morgan fingerprint density at radius 3 is 2.21 bits per heavy atom. The van der Waals surface area contributed by atoms with Crippen molar-refractivity contribution >= 4 is 41.0 Å². The lowest BCUT2D eigenvalue weighted by molar-refractivity contribution is -0.145. The summed E-state index contributed by atoms with van der Waals surface area (Å²) < 4.78 is 10.3. The van der Waals surface area contributed by atoms with Crippen molar-refractivity contribution in [2.45, 2.75) is 53.2 Å². The number of nitrogens with zero attached hydrogens (tertiary/aromatic N) is 1. The zero-order chi connectivity index (χ0) is 25.3. The molecular weight excluding hydrogens is 430 g/mol. The summed E-state index contributed by atoms with van der Waals surface area (Å²) in [6.45, 7) is 12.6. The average molecular weight is 459 g/mol. The fraction of sp³-hybridized carbons (Fsp3) is 0.435. The first-order valence-corrected chi connectivity index (χ1v) is 10.2. The third-order valence-electron chi connectivity index (χ3n) is 4.87. The molecule has 0 radical (unpaired) electrons. The molecule has 1 unspecified atom stereocenters. The number of ether oxygens (including phenoxy) is 2. The highest BCUT2D eigenvalue weighted by molar-refractivity contribution is 6.19. The number of benzene rings is 1. The van der Waals surface area contributed by atoms with E-state index in [1.54, 1.807) is 26.8 Å². The minimum atomic E-state index is -1.77. The van der Waals surface area contributed by atoms with E-state index in [0.717, 1.165) is 0 Å². The number of imide groups is 1. The second kappa shape index (κ2) is 9.05. The lowest BCUT2D eigenvalue weighted by Crippen LogP contribution is -2.55. The van der Waals surface area contributed by atoms with Crippen molar-refractivity contribution in [1.29, 1.82) is 0 Å². The summed E-state index contributed by atoms with van der Waals surface area (Å²) >= 11 is 0. The van der Waals surface area contributed by atoms with Crippen LogP contribution in [0.1, 0.15) is 41.5 Å². The Bertz CT molecular complexity index is 1040. The van der Waals surface area contributed by atoms with E-state index in [1.807, 2.05) is 0 Å². The van der Waals surface area contributed by atoms with E-state index in [1.165, 1.54) is 40.0 Å². The minimum Gasteiger partial charge on any atom is -0.495 e. The molecule has 33 heavy (non-hydrogen) atoms. The fourth-order valence-corrected chi connectivity index (χ4v) is 2.99. The Kier molecular flexibility index (Phi) is 7.01. The first-order chi connectivity index (χ1) is 15.1. The van der Waals surface area contributed by atoms with E-state index in [0.29, 0.717) is 10.6 Å². The van der Waals surface area contributed by atoms with Crippen LogP contribution in [0, 0.1) is 5.41 Å². The van der Waals surface area contributed by atoms with Crippen LogP contribution in [0.2, 0.25) is 0 Å². The van der Waals surface area contributed by atoms with Gasteiger partial charge in [0.15, 0.2) is 17.4 Å². The molecule has 178 valence electrons. The van der Waals surface area contributed by atoms with Gasteiger partial charge < -0.3 is 20.1 Å². The summed E-state index contributed by atoms with van der Waals surface area (Å²) in [5.41, 5.74) is -1.85. The molecule has 0 bridgehead atoms. The van der Waals surface area contributed by atoms with Crippen LogP contribution in [0.25, 0.3) is 0 Å². The van der Waals surface area contributed by atoms with Crippen molar-refractivity contribution in [1.82, 2.24) is 4.90 Å². The SMILES string of the molecule is C=C(C)C(=O)Nc1ccc(OC)c(NC(=O)C(C(=O)C(C)(C)C)N2C(=O)OC(C)(C)C2=O)c1. The van der Waals surface area contributed by atoms with Crippen molar-refractivity contribution in [2.24, 2.45) is 5.41 Å². The van der Waals surface area contributed by atoms with Crippen molar-refractivity contribution in [3.63, 3.8) is 0 Å². The van der Waals surface area contributed by atoms with Gasteiger partial charge in [-0.15, -0.1) is 0 Å². The molecule has 0 saturated carbocycles. The van der Waals surface area contributed by atoms with Crippen molar-refractivity contribution in [3.05, 3.63) is 30.4 Å². The molecule has 10 nitrogen and oxygen atoms in total. The fourth-order valence-electron chi connectivity index (χ4n) is 2.99. The molecule has 10 heteroatoms. The zero-order valence-electron chi connectivity index (χ0n) is 19.8. The van der Waals surface area contributed by atoms with Crippen molar-refractivity contribution in [3.8, 4) is 5.75 Å². The molecule has 0 aromatic heterocycles. The Balaban J connectivity index is 2.47. The van der Waals surface area contributed by atoms with E-state index in [-0.39, 0.29) is 17.0 Å². The standard InChI is InChI=1S/C23H29N3O7/c1-12(2)18(28)24-13-9-10-15(32-8)14(11-13)25-19(29)16(17(27)22(3,4)5)26-20(30)23(6,7)33-21(26)31/h9-11,16H,1H2,2-8H3,(H,24,28)(H,25,29). The molecule has 1 aromatic rings. The topological polar surface area (TPSA) is 131 Å². The van der Waals surface area contributed by atoms with Crippen LogP contribution in [0.15, 0.2) is 30.4 Å². The molecule has 1 aromatic carbocycles. The lowest BCUT2D eigenvalue weighted by Gasteiger charge is -2.28. The molecule has 0 spiro atoms. The van der Waals surface area contributed by atoms with Crippen LogP contribution in [-0.2, 0) is 23.9 Å². The van der Waals surface area contributed by atoms with Gasteiger partial charge >= 0.3 is 6.09 Å². The molecule has 1 saturated heterocycles. The number of amides is 4. The Morgan fingerprint density at radius 2 is 1.76 bits per heavy atom. The molecule has 4 amide bonds. The quantitative estimate of drug-likeness (QED) is 0.473. The molecule has 1 atom stereocenters. The number of anilines is 2. The van der Waals surface area contributed by atoms with E-state index >= 15 is 0 Å². The van der Waals surface area contributed by atoms with Gasteiger partial charge in [0.05, 0.1) is 12.8 Å². The number of hydrogen-bond acceptors (Lipinski definition) is 7. The number of Topliss-reactive ketones (excluding diaryl/α,β-unsaturated/α-hetero) is 1. The maximum atomic E-state index is 13.3. The van der Waals surface area contributed by atoms with Crippen LogP contribution in [-0.4, -0.2) is 53.3 Å². The van der Waals surface area contributed by atoms with Crippen molar-refractivity contribution in [2.75, 3.05) is 17.7 Å². The predicted octanol–water partition coefficient (Wildman–Crippen LogP) is 2.89. The Hall–Kier alpha value is -3.69. The Morgan fingerprint density at radius 1 is 1.15 bits per heavy atom. The molecule has 1 aliphatic rings. The summed E-state index contributed by atoms with van der Waals surface area (Å²) in [5, 5.41) is 5.15. The minimum absolute atomic E-state index is 0.119. The van der Waals surface area contributed by atoms with Gasteiger partial charge in [-0.25, -0.2) is 9.69 Å². The molecule has 1 fully saturated rings. The molecule has 1 aliphatic heterocycles. The van der Waals surface area contributed by atoms with Gasteiger partial charge in [0.1, 0.15) is 5.75 Å². The first-order valence-electron chi connectivity index (χ1n) is 10.2. The summed E-state index contributed by atoms with van der Waals surface area (Å²) in [4.78, 5) is 64.2. The number of carbonyl (C=O) groups is 5. The van der Waals surface area contributed by atoms with Crippen LogP contribution < -0.4 is 15.4 Å².